The number of aromatic nitrogens is 2. The maximum Gasteiger partial charge on any atom is 0.266 e. The highest BCUT2D eigenvalue weighted by atomic mass is 35.5. The van der Waals surface area contributed by atoms with Crippen LogP contribution in [0, 0.1) is 0 Å². The third-order valence-corrected chi connectivity index (χ3v) is 3.77. The Morgan fingerprint density at radius 1 is 1.10 bits per heavy atom. The molecule has 0 amide bonds. The minimum atomic E-state index is -0.418. The fourth-order valence-corrected chi connectivity index (χ4v) is 2.65. The molecule has 5 heteroatoms. The van der Waals surface area contributed by atoms with Crippen LogP contribution in [0.15, 0.2) is 53.3 Å². The summed E-state index contributed by atoms with van der Waals surface area (Å²) >= 11 is 12.4. The lowest BCUT2D eigenvalue weighted by molar-refractivity contribution is 0.815. The van der Waals surface area contributed by atoms with Gasteiger partial charge in [-0.25, -0.2) is 4.98 Å². The second kappa shape index (κ2) is 5.51. The lowest BCUT2D eigenvalue weighted by Gasteiger charge is -2.15. The molecule has 2 aromatic carbocycles. The maximum atomic E-state index is 12.8. The van der Waals surface area contributed by atoms with Gasteiger partial charge in [0.15, 0.2) is 0 Å². The normalized spacial score (nSPS) is 12.5. The predicted molar refractivity (Wildman–Crippen MR) is 86.6 cm³/mol. The molecule has 0 aliphatic carbocycles. The van der Waals surface area contributed by atoms with E-state index in [0.29, 0.717) is 27.4 Å². The Hall–Kier alpha value is -1.84. The summed E-state index contributed by atoms with van der Waals surface area (Å²) in [5.74, 6) is 0.480. The number of alkyl halides is 1. The van der Waals surface area contributed by atoms with Crippen LogP contribution in [0.5, 0.6) is 0 Å². The van der Waals surface area contributed by atoms with Gasteiger partial charge in [0.1, 0.15) is 5.82 Å². The molecular weight excluding hydrogens is 307 g/mol. The molecule has 0 bridgehead atoms. The standard InChI is InChI=1S/C16H12Cl2N2O/c1-10(17)15-19-13-8-4-2-6-11(13)16(21)20(15)14-9-5-3-7-12(14)18/h2-10H,1H3. The molecule has 0 fully saturated rings. The first-order valence-corrected chi connectivity index (χ1v) is 7.31. The summed E-state index contributed by atoms with van der Waals surface area (Å²) in [5.41, 5.74) is 1.05. The molecule has 21 heavy (non-hydrogen) atoms. The van der Waals surface area contributed by atoms with Crippen molar-refractivity contribution in [3.05, 3.63) is 69.7 Å². The zero-order valence-electron chi connectivity index (χ0n) is 11.3. The zero-order chi connectivity index (χ0) is 15.0. The first kappa shape index (κ1) is 14.1. The van der Waals surface area contributed by atoms with Crippen molar-refractivity contribution in [1.82, 2.24) is 9.55 Å². The Morgan fingerprint density at radius 3 is 2.48 bits per heavy atom. The van der Waals surface area contributed by atoms with E-state index in [4.69, 9.17) is 23.2 Å². The van der Waals surface area contributed by atoms with Crippen LogP contribution in [0.3, 0.4) is 0 Å². The summed E-state index contributed by atoms with van der Waals surface area (Å²) in [4.78, 5) is 17.3. The van der Waals surface area contributed by atoms with Crippen LogP contribution in [-0.4, -0.2) is 9.55 Å². The summed E-state index contributed by atoms with van der Waals surface area (Å²) in [5, 5.41) is 0.604. The van der Waals surface area contributed by atoms with Crippen LogP contribution in [0.25, 0.3) is 16.6 Å². The van der Waals surface area contributed by atoms with E-state index in [-0.39, 0.29) is 5.56 Å². The highest BCUT2D eigenvalue weighted by molar-refractivity contribution is 6.32. The van der Waals surface area contributed by atoms with E-state index in [2.05, 4.69) is 4.98 Å². The number of para-hydroxylation sites is 2. The highest BCUT2D eigenvalue weighted by Crippen LogP contribution is 2.25. The topological polar surface area (TPSA) is 34.9 Å². The van der Waals surface area contributed by atoms with Crippen molar-refractivity contribution in [3.8, 4) is 5.69 Å². The zero-order valence-corrected chi connectivity index (χ0v) is 12.8. The SMILES string of the molecule is CC(Cl)c1nc2ccccc2c(=O)n1-c1ccccc1Cl. The molecule has 0 aliphatic heterocycles. The Labute approximate surface area is 131 Å². The molecule has 106 valence electrons. The van der Waals surface area contributed by atoms with Crippen molar-refractivity contribution >= 4 is 34.1 Å². The van der Waals surface area contributed by atoms with E-state index >= 15 is 0 Å². The number of benzene rings is 2. The van der Waals surface area contributed by atoms with E-state index in [0.717, 1.165) is 0 Å². The van der Waals surface area contributed by atoms with Gasteiger partial charge in [0, 0.05) is 0 Å². The summed E-state index contributed by atoms with van der Waals surface area (Å²) < 4.78 is 1.49. The van der Waals surface area contributed by atoms with Gasteiger partial charge >= 0.3 is 0 Å². The Balaban J connectivity index is 2.46. The highest BCUT2D eigenvalue weighted by Gasteiger charge is 2.17. The third kappa shape index (κ3) is 2.43. The van der Waals surface area contributed by atoms with Gasteiger partial charge in [0.05, 0.1) is 27.0 Å². The van der Waals surface area contributed by atoms with Crippen LogP contribution in [0.4, 0.5) is 0 Å². The van der Waals surface area contributed by atoms with Crippen molar-refractivity contribution in [2.45, 2.75) is 12.3 Å². The van der Waals surface area contributed by atoms with Crippen LogP contribution in [0.2, 0.25) is 5.02 Å². The average Bonchev–Trinajstić information content (AvgIpc) is 2.48. The molecule has 0 saturated carbocycles. The van der Waals surface area contributed by atoms with Gasteiger partial charge in [-0.2, -0.15) is 0 Å². The molecule has 3 aromatic rings. The van der Waals surface area contributed by atoms with E-state index in [9.17, 15) is 4.79 Å². The first-order chi connectivity index (χ1) is 10.1. The van der Waals surface area contributed by atoms with Crippen molar-refractivity contribution in [1.29, 1.82) is 0 Å². The lowest BCUT2D eigenvalue weighted by atomic mass is 10.2. The van der Waals surface area contributed by atoms with Crippen molar-refractivity contribution in [2.75, 3.05) is 0 Å². The molecule has 1 aromatic heterocycles. The number of rotatable bonds is 2. The number of fused-ring (bicyclic) bond motifs is 1. The van der Waals surface area contributed by atoms with Crippen LogP contribution in [-0.2, 0) is 0 Å². The van der Waals surface area contributed by atoms with E-state index in [1.54, 1.807) is 31.2 Å². The van der Waals surface area contributed by atoms with Crippen LogP contribution >= 0.6 is 23.2 Å². The van der Waals surface area contributed by atoms with Gasteiger partial charge in [-0.1, -0.05) is 35.9 Å². The van der Waals surface area contributed by atoms with Crippen molar-refractivity contribution < 1.29 is 0 Å². The first-order valence-electron chi connectivity index (χ1n) is 6.50. The van der Waals surface area contributed by atoms with Gasteiger partial charge < -0.3 is 0 Å². The van der Waals surface area contributed by atoms with Gasteiger partial charge in [0.25, 0.3) is 5.56 Å². The molecule has 0 saturated heterocycles. The van der Waals surface area contributed by atoms with Gasteiger partial charge in [-0.3, -0.25) is 9.36 Å². The largest absolute Gasteiger partial charge is 0.268 e. The Morgan fingerprint density at radius 2 is 1.76 bits per heavy atom. The van der Waals surface area contributed by atoms with Crippen LogP contribution < -0.4 is 5.56 Å². The Bertz CT molecular complexity index is 872. The molecule has 1 heterocycles. The molecule has 1 atom stereocenters. The summed E-state index contributed by atoms with van der Waals surface area (Å²) in [6, 6.07) is 14.4. The molecule has 0 spiro atoms. The number of nitrogens with zero attached hydrogens (tertiary/aromatic N) is 2. The molecule has 3 rings (SSSR count). The molecule has 0 aliphatic rings. The smallest absolute Gasteiger partial charge is 0.266 e. The van der Waals surface area contributed by atoms with Crippen LogP contribution in [0.1, 0.15) is 18.1 Å². The minimum Gasteiger partial charge on any atom is -0.268 e. The fourth-order valence-electron chi connectivity index (χ4n) is 2.28. The van der Waals surface area contributed by atoms with Gasteiger partial charge in [-0.15, -0.1) is 11.6 Å². The van der Waals surface area contributed by atoms with Gasteiger partial charge in [-0.05, 0) is 31.2 Å². The summed E-state index contributed by atoms with van der Waals surface area (Å²) in [7, 11) is 0. The molecule has 0 N–H and O–H groups in total. The second-order valence-corrected chi connectivity index (χ2v) is 5.76. The van der Waals surface area contributed by atoms with Gasteiger partial charge in [0.2, 0.25) is 0 Å². The second-order valence-electron chi connectivity index (χ2n) is 4.70. The van der Waals surface area contributed by atoms with E-state index < -0.39 is 5.38 Å². The molecule has 1 unspecified atom stereocenters. The van der Waals surface area contributed by atoms with Crippen molar-refractivity contribution in [3.63, 3.8) is 0 Å². The molecule has 0 radical (unpaired) electrons. The molecule has 3 nitrogen and oxygen atoms in total. The number of hydrogen-bond acceptors (Lipinski definition) is 2. The number of hydrogen-bond donors (Lipinski definition) is 0. The monoisotopic (exact) mass is 318 g/mol. The third-order valence-electron chi connectivity index (χ3n) is 3.25. The fraction of sp³-hybridized carbons (Fsp3) is 0.125. The lowest BCUT2D eigenvalue weighted by Crippen LogP contribution is -2.24. The number of halogens is 2. The minimum absolute atomic E-state index is 0.170. The summed E-state index contributed by atoms with van der Waals surface area (Å²) in [6.07, 6.45) is 0. The predicted octanol–water partition coefficient (Wildman–Crippen LogP) is 4.34. The van der Waals surface area contributed by atoms with Crippen molar-refractivity contribution in [2.24, 2.45) is 0 Å². The summed E-state index contributed by atoms with van der Waals surface area (Å²) in [6.45, 7) is 1.78. The van der Waals surface area contributed by atoms with E-state index in [1.807, 2.05) is 24.3 Å². The average molecular weight is 319 g/mol. The Kier molecular flexibility index (Phi) is 3.70. The molecular formula is C16H12Cl2N2O. The quantitative estimate of drug-likeness (QED) is 0.659. The van der Waals surface area contributed by atoms with E-state index in [1.165, 1.54) is 4.57 Å². The maximum absolute atomic E-state index is 12.8.